The average Bonchev–Trinajstić information content (AvgIpc) is 3.45. The maximum Gasteiger partial charge on any atom is 0.300 e. The van der Waals surface area contributed by atoms with E-state index in [-0.39, 0.29) is 16.7 Å². The number of nitrogens with zero attached hydrogens (tertiary/aromatic N) is 1. The molecule has 0 saturated carbocycles. The second kappa shape index (κ2) is 9.33. The number of benzene rings is 2. The molecule has 0 radical (unpaired) electrons. The number of ketones is 1. The first kappa shape index (κ1) is 24.1. The molecule has 35 heavy (non-hydrogen) atoms. The smallest absolute Gasteiger partial charge is 0.300 e. The van der Waals surface area contributed by atoms with E-state index in [4.69, 9.17) is 13.9 Å². The summed E-state index contributed by atoms with van der Waals surface area (Å²) in [6.45, 7) is 8.53. The average molecular weight is 476 g/mol. The summed E-state index contributed by atoms with van der Waals surface area (Å²) in [7, 11) is 1.55. The van der Waals surface area contributed by atoms with Gasteiger partial charge in [0.1, 0.15) is 29.1 Å². The van der Waals surface area contributed by atoms with E-state index in [9.17, 15) is 14.7 Å². The molecular weight excluding hydrogens is 446 g/mol. The molecule has 1 amide bonds. The largest absolute Gasteiger partial charge is 0.507 e. The minimum absolute atomic E-state index is 0.0372. The fourth-order valence-corrected chi connectivity index (χ4v) is 4.26. The van der Waals surface area contributed by atoms with Crippen LogP contribution in [0.4, 0.5) is 5.69 Å². The second-order valence-corrected chi connectivity index (χ2v) is 9.28. The minimum Gasteiger partial charge on any atom is -0.507 e. The molecule has 1 fully saturated rings. The molecule has 1 N–H and O–H groups in total. The lowest BCUT2D eigenvalue weighted by atomic mass is 9.84. The highest BCUT2D eigenvalue weighted by Gasteiger charge is 2.48. The van der Waals surface area contributed by atoms with E-state index in [0.717, 1.165) is 5.56 Å². The SMILES string of the molecule is CCOc1ccc(/C(O)=C2/C(=O)C(=O)N(c3ccc(OC)cc3)C2c2ccco2)cc1C(C)(C)C. The Labute approximate surface area is 204 Å². The van der Waals surface area contributed by atoms with Gasteiger partial charge >= 0.3 is 0 Å². The standard InChI is InChI=1S/C28H29NO6/c1-6-34-21-14-9-17(16-20(21)28(2,3)4)25(30)23-24(22-8-7-15-35-22)29(27(32)26(23)31)18-10-12-19(33-5)13-11-18/h7-16,24,30H,6H2,1-5H3/b25-23-. The number of carbonyl (C=O) groups excluding carboxylic acids is 2. The van der Waals surface area contributed by atoms with E-state index in [1.807, 2.05) is 27.7 Å². The van der Waals surface area contributed by atoms with Crippen LogP contribution in [0, 0.1) is 0 Å². The van der Waals surface area contributed by atoms with Crippen molar-refractivity contribution in [2.24, 2.45) is 0 Å². The molecule has 0 bridgehead atoms. The number of carbonyl (C=O) groups is 2. The van der Waals surface area contributed by atoms with E-state index in [2.05, 4.69) is 0 Å². The van der Waals surface area contributed by atoms with Crippen molar-refractivity contribution in [3.05, 3.63) is 83.3 Å². The summed E-state index contributed by atoms with van der Waals surface area (Å²) in [6.07, 6.45) is 1.47. The van der Waals surface area contributed by atoms with Crippen LogP contribution in [-0.4, -0.2) is 30.5 Å². The Hall–Kier alpha value is -4.00. The normalized spacial score (nSPS) is 17.6. The number of Topliss-reactive ketones (excluding diaryl/α,β-unsaturated/α-hetero) is 1. The van der Waals surface area contributed by atoms with Gasteiger partial charge in [-0.25, -0.2) is 0 Å². The van der Waals surface area contributed by atoms with Crippen LogP contribution in [0.5, 0.6) is 11.5 Å². The number of anilines is 1. The van der Waals surface area contributed by atoms with Crippen molar-refractivity contribution in [2.75, 3.05) is 18.6 Å². The first-order valence-electron chi connectivity index (χ1n) is 11.4. The van der Waals surface area contributed by atoms with E-state index < -0.39 is 17.7 Å². The van der Waals surface area contributed by atoms with E-state index >= 15 is 0 Å². The number of aliphatic hydroxyl groups excluding tert-OH is 1. The van der Waals surface area contributed by atoms with Crippen molar-refractivity contribution >= 4 is 23.1 Å². The van der Waals surface area contributed by atoms with Crippen LogP contribution < -0.4 is 14.4 Å². The summed E-state index contributed by atoms with van der Waals surface area (Å²) in [4.78, 5) is 27.8. The van der Waals surface area contributed by atoms with Crippen LogP contribution in [0.3, 0.4) is 0 Å². The first-order chi connectivity index (χ1) is 16.7. The van der Waals surface area contributed by atoms with Crippen LogP contribution in [0.1, 0.15) is 50.6 Å². The van der Waals surface area contributed by atoms with Crippen molar-refractivity contribution in [3.8, 4) is 11.5 Å². The predicted molar refractivity (Wildman–Crippen MR) is 133 cm³/mol. The van der Waals surface area contributed by atoms with Crippen LogP contribution in [0.2, 0.25) is 0 Å². The quantitative estimate of drug-likeness (QED) is 0.283. The van der Waals surface area contributed by atoms with Gasteiger partial charge in [0.25, 0.3) is 11.7 Å². The zero-order valence-corrected chi connectivity index (χ0v) is 20.5. The molecule has 1 unspecified atom stereocenters. The van der Waals surface area contributed by atoms with E-state index in [1.54, 1.807) is 61.7 Å². The fourth-order valence-electron chi connectivity index (χ4n) is 4.26. The predicted octanol–water partition coefficient (Wildman–Crippen LogP) is 5.61. The third kappa shape index (κ3) is 4.41. The Morgan fingerprint density at radius 1 is 1.09 bits per heavy atom. The van der Waals surface area contributed by atoms with Crippen molar-refractivity contribution in [2.45, 2.75) is 39.2 Å². The lowest BCUT2D eigenvalue weighted by Crippen LogP contribution is -2.29. The molecule has 4 rings (SSSR count). The first-order valence-corrected chi connectivity index (χ1v) is 11.4. The van der Waals surface area contributed by atoms with Gasteiger partial charge in [-0.15, -0.1) is 0 Å². The Morgan fingerprint density at radius 2 is 1.80 bits per heavy atom. The molecule has 7 nitrogen and oxygen atoms in total. The summed E-state index contributed by atoms with van der Waals surface area (Å²) in [5.74, 6) is -0.120. The molecule has 182 valence electrons. The Balaban J connectivity index is 1.89. The third-order valence-electron chi connectivity index (χ3n) is 5.97. The maximum atomic E-state index is 13.3. The van der Waals surface area contributed by atoms with Crippen molar-refractivity contribution in [3.63, 3.8) is 0 Å². The highest BCUT2D eigenvalue weighted by Crippen LogP contribution is 2.43. The van der Waals surface area contributed by atoms with Crippen LogP contribution in [0.25, 0.3) is 5.76 Å². The van der Waals surface area contributed by atoms with Gasteiger partial charge in [0.05, 0.1) is 25.6 Å². The van der Waals surface area contributed by atoms with E-state index in [1.165, 1.54) is 11.2 Å². The molecule has 3 aromatic rings. The summed E-state index contributed by atoms with van der Waals surface area (Å²) < 4.78 is 16.6. The number of methoxy groups -OCH3 is 1. The Morgan fingerprint density at radius 3 is 2.37 bits per heavy atom. The van der Waals surface area contributed by atoms with Gasteiger partial charge < -0.3 is 19.0 Å². The number of hydrogen-bond donors (Lipinski definition) is 1. The number of aliphatic hydroxyl groups is 1. The molecule has 0 spiro atoms. The molecule has 1 aliphatic heterocycles. The summed E-state index contributed by atoms with van der Waals surface area (Å²) >= 11 is 0. The topological polar surface area (TPSA) is 89.2 Å². The van der Waals surface area contributed by atoms with Crippen molar-refractivity contribution in [1.82, 2.24) is 0 Å². The zero-order valence-electron chi connectivity index (χ0n) is 20.5. The van der Waals surface area contributed by atoms with Gasteiger partial charge in [0.15, 0.2) is 0 Å². The summed E-state index contributed by atoms with van der Waals surface area (Å²) in [6, 6.07) is 14.5. The molecule has 1 aromatic heterocycles. The highest BCUT2D eigenvalue weighted by molar-refractivity contribution is 6.51. The molecule has 2 aromatic carbocycles. The maximum absolute atomic E-state index is 13.3. The van der Waals surface area contributed by atoms with Crippen LogP contribution in [0.15, 0.2) is 70.9 Å². The van der Waals surface area contributed by atoms with Gasteiger partial charge in [-0.1, -0.05) is 20.8 Å². The zero-order chi connectivity index (χ0) is 25.3. The molecule has 0 aliphatic carbocycles. The minimum atomic E-state index is -0.928. The van der Waals surface area contributed by atoms with Crippen LogP contribution in [-0.2, 0) is 15.0 Å². The van der Waals surface area contributed by atoms with Gasteiger partial charge in [-0.2, -0.15) is 0 Å². The fraction of sp³-hybridized carbons (Fsp3) is 0.286. The summed E-state index contributed by atoms with van der Waals surface area (Å²) in [5.41, 5.74) is 1.46. The van der Waals surface area contributed by atoms with Gasteiger partial charge in [0, 0.05) is 16.8 Å². The van der Waals surface area contributed by atoms with Crippen LogP contribution >= 0.6 is 0 Å². The highest BCUT2D eigenvalue weighted by atomic mass is 16.5. The molecule has 7 heteroatoms. The number of rotatable bonds is 6. The molecule has 1 saturated heterocycles. The number of amides is 1. The second-order valence-electron chi connectivity index (χ2n) is 9.28. The van der Waals surface area contributed by atoms with Gasteiger partial charge in [0.2, 0.25) is 0 Å². The molecule has 1 aliphatic rings. The number of hydrogen-bond acceptors (Lipinski definition) is 6. The monoisotopic (exact) mass is 475 g/mol. The number of ether oxygens (including phenoxy) is 2. The van der Waals surface area contributed by atoms with Gasteiger partial charge in [-0.3, -0.25) is 14.5 Å². The van der Waals surface area contributed by atoms with Crippen molar-refractivity contribution < 1.29 is 28.6 Å². The molecular formula is C28H29NO6. The lowest BCUT2D eigenvalue weighted by Gasteiger charge is -2.25. The van der Waals surface area contributed by atoms with E-state index in [0.29, 0.717) is 35.1 Å². The summed E-state index contributed by atoms with van der Waals surface area (Å²) in [5, 5.41) is 11.4. The molecule has 1 atom stereocenters. The number of furan rings is 1. The Bertz CT molecular complexity index is 1270. The lowest BCUT2D eigenvalue weighted by molar-refractivity contribution is -0.132. The Kier molecular flexibility index (Phi) is 6.43. The molecule has 2 heterocycles. The van der Waals surface area contributed by atoms with Crippen molar-refractivity contribution in [1.29, 1.82) is 0 Å². The third-order valence-corrected chi connectivity index (χ3v) is 5.97. The van der Waals surface area contributed by atoms with Gasteiger partial charge in [-0.05, 0) is 66.9 Å².